The van der Waals surface area contributed by atoms with Crippen LogP contribution in [-0.4, -0.2) is 12.5 Å². The molecule has 2 aromatic carbocycles. The summed E-state index contributed by atoms with van der Waals surface area (Å²) >= 11 is 2.99. The number of carbonyl (C=O) groups is 1. The van der Waals surface area contributed by atoms with Crippen LogP contribution >= 0.6 is 15.9 Å². The summed E-state index contributed by atoms with van der Waals surface area (Å²) in [5, 5.41) is 2.37. The number of hydrogen-bond acceptors (Lipinski definition) is 2. The summed E-state index contributed by atoms with van der Waals surface area (Å²) in [6.45, 7) is -0.538. The van der Waals surface area contributed by atoms with Crippen LogP contribution in [0.2, 0.25) is 0 Å². The van der Waals surface area contributed by atoms with Crippen molar-refractivity contribution >= 4 is 27.5 Å². The molecule has 0 fully saturated rings. The van der Waals surface area contributed by atoms with Crippen LogP contribution in [0.5, 0.6) is 5.75 Å². The van der Waals surface area contributed by atoms with E-state index in [1.807, 2.05) is 0 Å². The van der Waals surface area contributed by atoms with Crippen LogP contribution in [0.1, 0.15) is 0 Å². The normalized spacial score (nSPS) is 10.3. The Morgan fingerprint density at radius 1 is 1.19 bits per heavy atom. The second kappa shape index (κ2) is 6.62. The minimum absolute atomic E-state index is 0.240. The lowest BCUT2D eigenvalue weighted by atomic mass is 10.3. The Bertz CT molecular complexity index is 679. The minimum Gasteiger partial charge on any atom is -0.481 e. The summed E-state index contributed by atoms with van der Waals surface area (Å²) in [5.74, 6) is -3.80. The molecule has 0 aliphatic rings. The van der Waals surface area contributed by atoms with Gasteiger partial charge in [-0.05, 0) is 30.3 Å². The number of hydrogen-bond donors (Lipinski definition) is 1. The Morgan fingerprint density at radius 2 is 1.95 bits per heavy atom. The highest BCUT2D eigenvalue weighted by atomic mass is 79.9. The fourth-order valence-electron chi connectivity index (χ4n) is 1.54. The number of ether oxygens (including phenoxy) is 1. The van der Waals surface area contributed by atoms with Crippen molar-refractivity contribution in [1.29, 1.82) is 0 Å². The third kappa shape index (κ3) is 4.22. The molecule has 0 atom stereocenters. The Kier molecular flexibility index (Phi) is 4.85. The van der Waals surface area contributed by atoms with E-state index in [0.717, 1.165) is 12.1 Å². The zero-order valence-corrected chi connectivity index (χ0v) is 12.1. The number of halogens is 4. The number of nitrogens with one attached hydrogen (secondary N) is 1. The molecule has 3 nitrogen and oxygen atoms in total. The van der Waals surface area contributed by atoms with Gasteiger partial charge in [0.1, 0.15) is 5.82 Å². The molecule has 1 N–H and O–H groups in total. The van der Waals surface area contributed by atoms with E-state index in [1.165, 1.54) is 24.3 Å². The summed E-state index contributed by atoms with van der Waals surface area (Å²) in [6.07, 6.45) is 0. The highest BCUT2D eigenvalue weighted by Gasteiger charge is 2.13. The van der Waals surface area contributed by atoms with Gasteiger partial charge in [-0.15, -0.1) is 0 Å². The maximum atomic E-state index is 13.4. The first kappa shape index (κ1) is 15.4. The number of amides is 1. The molecule has 0 aliphatic heterocycles. The van der Waals surface area contributed by atoms with Gasteiger partial charge in [0, 0.05) is 10.2 Å². The average molecular weight is 360 g/mol. The third-order valence-corrected chi connectivity index (χ3v) is 2.88. The van der Waals surface area contributed by atoms with Crippen molar-refractivity contribution in [2.75, 3.05) is 11.9 Å². The molecule has 7 heteroatoms. The number of carbonyl (C=O) groups excluding carboxylic acids is 1. The molecule has 0 saturated heterocycles. The van der Waals surface area contributed by atoms with Gasteiger partial charge in [0.15, 0.2) is 18.2 Å². The lowest BCUT2D eigenvalue weighted by molar-refractivity contribution is -0.118. The van der Waals surface area contributed by atoms with Crippen LogP contribution in [0.15, 0.2) is 40.9 Å². The van der Waals surface area contributed by atoms with Gasteiger partial charge in [-0.25, -0.2) is 8.78 Å². The van der Waals surface area contributed by atoms with Crippen LogP contribution in [0.4, 0.5) is 18.9 Å². The summed E-state index contributed by atoms with van der Waals surface area (Å²) in [6, 6.07) is 7.40. The molecule has 0 radical (unpaired) electrons. The Balaban J connectivity index is 1.98. The highest BCUT2D eigenvalue weighted by molar-refractivity contribution is 9.10. The monoisotopic (exact) mass is 359 g/mol. The van der Waals surface area contributed by atoms with Crippen LogP contribution in [-0.2, 0) is 4.79 Å². The van der Waals surface area contributed by atoms with Crippen molar-refractivity contribution in [1.82, 2.24) is 0 Å². The van der Waals surface area contributed by atoms with Crippen molar-refractivity contribution in [2.45, 2.75) is 0 Å². The fourth-order valence-corrected chi connectivity index (χ4v) is 1.95. The maximum absolute atomic E-state index is 13.4. The third-order valence-electron chi connectivity index (χ3n) is 2.43. The van der Waals surface area contributed by atoms with Crippen molar-refractivity contribution in [3.63, 3.8) is 0 Å². The number of rotatable bonds is 4. The molecular formula is C14H9BrF3NO2. The van der Waals surface area contributed by atoms with Gasteiger partial charge >= 0.3 is 0 Å². The van der Waals surface area contributed by atoms with E-state index in [9.17, 15) is 18.0 Å². The van der Waals surface area contributed by atoms with Gasteiger partial charge < -0.3 is 10.1 Å². The Hall–Kier alpha value is -2.02. The number of anilines is 1. The zero-order chi connectivity index (χ0) is 15.4. The van der Waals surface area contributed by atoms with Crippen LogP contribution in [0.3, 0.4) is 0 Å². The van der Waals surface area contributed by atoms with E-state index in [1.54, 1.807) is 0 Å². The van der Waals surface area contributed by atoms with Gasteiger partial charge in [0.25, 0.3) is 5.91 Å². The van der Waals surface area contributed by atoms with E-state index in [0.29, 0.717) is 0 Å². The van der Waals surface area contributed by atoms with Gasteiger partial charge in [0.2, 0.25) is 5.82 Å². The predicted octanol–water partition coefficient (Wildman–Crippen LogP) is 3.88. The second-order valence-electron chi connectivity index (χ2n) is 4.05. The van der Waals surface area contributed by atoms with Crippen LogP contribution < -0.4 is 10.1 Å². The molecule has 0 saturated carbocycles. The molecule has 0 bridgehead atoms. The largest absolute Gasteiger partial charge is 0.481 e. The van der Waals surface area contributed by atoms with Gasteiger partial charge in [-0.1, -0.05) is 22.0 Å². The molecule has 0 spiro atoms. The molecule has 0 unspecified atom stereocenters. The van der Waals surface area contributed by atoms with Crippen LogP contribution in [0.25, 0.3) is 0 Å². The smallest absolute Gasteiger partial charge is 0.262 e. The Labute approximate surface area is 126 Å². The lowest BCUT2D eigenvalue weighted by Gasteiger charge is -2.09. The highest BCUT2D eigenvalue weighted by Crippen LogP contribution is 2.25. The topological polar surface area (TPSA) is 38.3 Å². The van der Waals surface area contributed by atoms with E-state index < -0.39 is 35.7 Å². The first-order valence-corrected chi connectivity index (χ1v) is 6.58. The van der Waals surface area contributed by atoms with Crippen LogP contribution in [0, 0.1) is 17.5 Å². The van der Waals surface area contributed by atoms with E-state index in [-0.39, 0.29) is 10.2 Å². The van der Waals surface area contributed by atoms with Crippen molar-refractivity contribution in [3.8, 4) is 5.75 Å². The van der Waals surface area contributed by atoms with Crippen molar-refractivity contribution in [2.24, 2.45) is 0 Å². The molecule has 0 aliphatic carbocycles. The summed E-state index contributed by atoms with van der Waals surface area (Å²) in [5.41, 5.74) is 0.240. The fraction of sp³-hybridized carbons (Fsp3) is 0.0714. The zero-order valence-electron chi connectivity index (χ0n) is 10.5. The lowest BCUT2D eigenvalue weighted by Crippen LogP contribution is -2.20. The first-order chi connectivity index (χ1) is 9.95. The average Bonchev–Trinajstić information content (AvgIpc) is 2.41. The molecule has 21 heavy (non-hydrogen) atoms. The van der Waals surface area contributed by atoms with Gasteiger partial charge in [0.05, 0.1) is 0 Å². The standard InChI is InChI=1S/C14H9BrF3NO2/c15-8-4-11(17)14(18)12(5-8)21-7-13(20)19-10-3-1-2-9(16)6-10/h1-6H,7H2,(H,19,20). The number of benzene rings is 2. The SMILES string of the molecule is O=C(COc1cc(Br)cc(F)c1F)Nc1cccc(F)c1. The molecule has 0 aromatic heterocycles. The van der Waals surface area contributed by atoms with Crippen molar-refractivity contribution in [3.05, 3.63) is 58.3 Å². The van der Waals surface area contributed by atoms with Crippen molar-refractivity contribution < 1.29 is 22.7 Å². The Morgan fingerprint density at radius 3 is 2.67 bits per heavy atom. The first-order valence-electron chi connectivity index (χ1n) is 5.78. The van der Waals surface area contributed by atoms with E-state index >= 15 is 0 Å². The predicted molar refractivity (Wildman–Crippen MR) is 74.6 cm³/mol. The molecule has 2 aromatic rings. The molecule has 2 rings (SSSR count). The summed E-state index contributed by atoms with van der Waals surface area (Å²) < 4.78 is 44.7. The van der Waals surface area contributed by atoms with Gasteiger partial charge in [-0.2, -0.15) is 4.39 Å². The molecule has 0 heterocycles. The quantitative estimate of drug-likeness (QED) is 0.841. The summed E-state index contributed by atoms with van der Waals surface area (Å²) in [4.78, 5) is 11.6. The molecule has 110 valence electrons. The second-order valence-corrected chi connectivity index (χ2v) is 4.96. The molecular weight excluding hydrogens is 351 g/mol. The maximum Gasteiger partial charge on any atom is 0.262 e. The minimum atomic E-state index is -1.18. The van der Waals surface area contributed by atoms with E-state index in [2.05, 4.69) is 21.2 Å². The summed E-state index contributed by atoms with van der Waals surface area (Å²) in [7, 11) is 0. The van der Waals surface area contributed by atoms with E-state index in [4.69, 9.17) is 4.74 Å². The molecule has 1 amide bonds. The van der Waals surface area contributed by atoms with Gasteiger partial charge in [-0.3, -0.25) is 4.79 Å².